The highest BCUT2D eigenvalue weighted by molar-refractivity contribution is 5.96. The van der Waals surface area contributed by atoms with Crippen LogP contribution < -0.4 is 10.2 Å². The summed E-state index contributed by atoms with van der Waals surface area (Å²) < 4.78 is 110. The Hall–Kier alpha value is -7.51. The highest BCUT2D eigenvalue weighted by atomic mass is 35.5. The van der Waals surface area contributed by atoms with Crippen LogP contribution >= 0.6 is 37.2 Å². The Balaban J connectivity index is 0.00000459. The van der Waals surface area contributed by atoms with Crippen molar-refractivity contribution in [2.24, 2.45) is 0 Å². The molecule has 10 rings (SSSR count). The van der Waals surface area contributed by atoms with E-state index in [1.165, 1.54) is 29.2 Å². The zero-order chi connectivity index (χ0) is 68.4. The molecule has 4 aliphatic rings. The molecular formula is C73H86Cl3F7N8O8. The lowest BCUT2D eigenvalue weighted by atomic mass is 9.72. The first-order valence-corrected chi connectivity index (χ1v) is 32.8. The fourth-order valence-electron chi connectivity index (χ4n) is 13.9. The average Bonchev–Trinajstić information content (AvgIpc) is 1.60. The van der Waals surface area contributed by atoms with Gasteiger partial charge in [-0.2, -0.15) is 26.3 Å². The molecular weight excluding hydrogens is 1360 g/mol. The number of nitrogens with zero attached hydrogens (tertiary/aromatic N) is 7. The zero-order valence-electron chi connectivity index (χ0n) is 55.6. The number of likely N-dealkylation sites (tertiary alicyclic amines) is 2. The molecule has 3 heterocycles. The highest BCUT2D eigenvalue weighted by Gasteiger charge is 2.50. The third-order valence-electron chi connectivity index (χ3n) is 19.6. The van der Waals surface area contributed by atoms with Crippen molar-refractivity contribution < 1.29 is 69.3 Å². The van der Waals surface area contributed by atoms with Crippen LogP contribution in [0.4, 0.5) is 46.9 Å². The quantitative estimate of drug-likeness (QED) is 0.0415. The standard InChI is InChI=1S/C73H83F7N8O8.3ClH/c1-82(35-13-36-84(3)67(91)52-21-27-59(28-22-52)81-34-12-11-20-65(89)83(2)42-43-85-37-29-60(30-38-85)88(69(93)94)63-19-10-8-17-61(63)51-14-5-4-6-15-51)66(90)48-95-64-46-53-16-7-9-18-62(53)70(64)31-39-86(40-32-70)41-33-71(55-23-25-58(74)26-24-55)49-87(50-96-71)68(92)54-44-56(72(75,76)77)47-57(45-54)73(78,79)80;;;/h4-10,14-19,21-28,44-45,47,60,64,81H,11-13,20,29-43,46,48-50H2,1-3H3,(H,93,94);3*1H/t64-,71-;;;/m0.../s1. The molecule has 26 heteroatoms. The predicted molar refractivity (Wildman–Crippen MR) is 373 cm³/mol. The molecule has 1 aliphatic carbocycles. The van der Waals surface area contributed by atoms with Crippen molar-refractivity contribution in [3.63, 3.8) is 0 Å². The molecule has 536 valence electrons. The van der Waals surface area contributed by atoms with E-state index in [-0.39, 0.29) is 92.7 Å². The molecule has 3 aliphatic heterocycles. The fourth-order valence-corrected chi connectivity index (χ4v) is 13.9. The van der Waals surface area contributed by atoms with Gasteiger partial charge in [-0.05, 0) is 154 Å². The second-order valence-corrected chi connectivity index (χ2v) is 25.8. The third kappa shape index (κ3) is 19.3. The van der Waals surface area contributed by atoms with Crippen LogP contribution in [0.1, 0.15) is 106 Å². The number of nitrogens with one attached hydrogen (secondary N) is 1. The maximum Gasteiger partial charge on any atom is 0.416 e. The molecule has 99 heavy (non-hydrogen) atoms. The largest absolute Gasteiger partial charge is 0.465 e. The number of carbonyl (C=O) groups is 5. The van der Waals surface area contributed by atoms with Crippen LogP contribution in [-0.2, 0) is 48.9 Å². The number of anilines is 2. The van der Waals surface area contributed by atoms with Crippen LogP contribution in [-0.4, -0.2) is 183 Å². The molecule has 1 spiro atoms. The van der Waals surface area contributed by atoms with Gasteiger partial charge in [0.15, 0.2) is 0 Å². The van der Waals surface area contributed by atoms with Crippen LogP contribution in [0.2, 0.25) is 0 Å². The molecule has 0 unspecified atom stereocenters. The van der Waals surface area contributed by atoms with Gasteiger partial charge in [-0.25, -0.2) is 9.18 Å². The number of hydrogen-bond acceptors (Lipinski definition) is 10. The predicted octanol–water partition coefficient (Wildman–Crippen LogP) is 13.8. The van der Waals surface area contributed by atoms with Gasteiger partial charge >= 0.3 is 18.4 Å². The Bertz CT molecular complexity index is 3650. The van der Waals surface area contributed by atoms with Gasteiger partial charge in [-0.3, -0.25) is 24.1 Å². The summed E-state index contributed by atoms with van der Waals surface area (Å²) >= 11 is 0. The van der Waals surface area contributed by atoms with Crippen molar-refractivity contribution in [3.8, 4) is 11.1 Å². The summed E-state index contributed by atoms with van der Waals surface area (Å²) in [7, 11) is 5.27. The molecule has 2 N–H and O–H groups in total. The van der Waals surface area contributed by atoms with Gasteiger partial charge < -0.3 is 49.3 Å². The smallest absolute Gasteiger partial charge is 0.416 e. The second-order valence-electron chi connectivity index (χ2n) is 25.8. The van der Waals surface area contributed by atoms with Gasteiger partial charge in [0.25, 0.3) is 11.8 Å². The Kier molecular flexibility index (Phi) is 27.6. The van der Waals surface area contributed by atoms with Crippen LogP contribution in [0.25, 0.3) is 11.1 Å². The Morgan fingerprint density at radius 3 is 1.92 bits per heavy atom. The summed E-state index contributed by atoms with van der Waals surface area (Å²) in [5, 5.41) is 13.7. The number of unbranched alkanes of at least 4 members (excludes halogenated alkanes) is 1. The molecule has 0 bridgehead atoms. The molecule has 0 saturated carbocycles. The first kappa shape index (κ1) is 78.8. The SMILES string of the molecule is CN(CCN1CCC(N(C(=O)O)c2ccccc2-c2ccccc2)CC1)C(=O)CCCCNc1ccc(C(=O)N(C)CCCN(C)C(=O)CO[C@H]2Cc3ccccc3C23CCN(CC[C@@]2(c4ccc(F)cc4)CN(C(=O)c4cc(C(F)(F)F)cc(C(F)(F)F)c4)CO2)CC3)cc1.Cl.Cl.Cl. The number of fused-ring (bicyclic) bond motifs is 2. The van der Waals surface area contributed by atoms with E-state index in [0.29, 0.717) is 133 Å². The first-order chi connectivity index (χ1) is 45.9. The Labute approximate surface area is 592 Å². The maximum absolute atomic E-state index is 14.2. The van der Waals surface area contributed by atoms with E-state index < -0.39 is 64.6 Å². The van der Waals surface area contributed by atoms with E-state index in [2.05, 4.69) is 27.2 Å². The summed E-state index contributed by atoms with van der Waals surface area (Å²) in [4.78, 5) is 78.7. The number of piperidine rings is 2. The number of rotatable bonds is 25. The van der Waals surface area contributed by atoms with Crippen molar-refractivity contribution in [2.75, 3.05) is 117 Å². The van der Waals surface area contributed by atoms with Crippen molar-refractivity contribution in [1.82, 2.24) is 29.4 Å². The Morgan fingerprint density at radius 2 is 1.26 bits per heavy atom. The van der Waals surface area contributed by atoms with Gasteiger partial charge in [-0.15, -0.1) is 37.2 Å². The van der Waals surface area contributed by atoms with Gasteiger partial charge in [0.05, 0.1) is 29.5 Å². The maximum atomic E-state index is 14.2. The molecule has 5 amide bonds. The van der Waals surface area contributed by atoms with E-state index in [1.54, 1.807) is 40.9 Å². The van der Waals surface area contributed by atoms with E-state index in [4.69, 9.17) is 9.47 Å². The van der Waals surface area contributed by atoms with Crippen molar-refractivity contribution in [2.45, 2.75) is 99.7 Å². The number of hydrogen-bond donors (Lipinski definition) is 2. The Morgan fingerprint density at radius 1 is 0.657 bits per heavy atom. The number of carboxylic acid groups (broad SMARTS) is 1. The summed E-state index contributed by atoms with van der Waals surface area (Å²) in [6.07, 6.45) is -5.56. The van der Waals surface area contributed by atoms with Crippen LogP contribution in [0, 0.1) is 5.82 Å². The van der Waals surface area contributed by atoms with Gasteiger partial charge in [0.1, 0.15) is 24.8 Å². The normalized spacial score (nSPS) is 17.7. The van der Waals surface area contributed by atoms with Crippen LogP contribution in [0.5, 0.6) is 0 Å². The molecule has 0 aromatic heterocycles. The molecule has 2 atom stereocenters. The monoisotopic (exact) mass is 1440 g/mol. The molecule has 3 fully saturated rings. The van der Waals surface area contributed by atoms with E-state index in [1.807, 2.05) is 85.9 Å². The third-order valence-corrected chi connectivity index (χ3v) is 19.6. The molecule has 0 radical (unpaired) electrons. The summed E-state index contributed by atoms with van der Waals surface area (Å²) in [6.45, 7) is 5.03. The zero-order valence-corrected chi connectivity index (χ0v) is 58.0. The number of para-hydroxylation sites is 1. The second kappa shape index (κ2) is 34.7. The van der Waals surface area contributed by atoms with Crippen LogP contribution in [0.3, 0.4) is 0 Å². The molecule has 6 aromatic carbocycles. The van der Waals surface area contributed by atoms with E-state index >= 15 is 0 Å². The molecule has 16 nitrogen and oxygen atoms in total. The fraction of sp³-hybridized carbons (Fsp3) is 0.438. The number of ether oxygens (including phenoxy) is 2. The van der Waals surface area contributed by atoms with Crippen molar-refractivity contribution >= 4 is 78.3 Å². The number of carbonyl (C=O) groups excluding carboxylic acids is 4. The van der Waals surface area contributed by atoms with Crippen molar-refractivity contribution in [1.29, 1.82) is 0 Å². The van der Waals surface area contributed by atoms with Gasteiger partial charge in [-0.1, -0.05) is 84.9 Å². The summed E-state index contributed by atoms with van der Waals surface area (Å²) in [5.41, 5.74) is 1.01. The number of alkyl halides is 6. The highest BCUT2D eigenvalue weighted by Crippen LogP contribution is 2.49. The number of benzene rings is 6. The lowest BCUT2D eigenvalue weighted by Gasteiger charge is -2.44. The molecule has 6 aromatic rings. The topological polar surface area (TPSA) is 159 Å². The van der Waals surface area contributed by atoms with Gasteiger partial charge in [0.2, 0.25) is 11.8 Å². The number of amides is 5. The number of likely N-dealkylation sites (N-methyl/N-ethyl adjacent to an activating group) is 2. The van der Waals surface area contributed by atoms with Crippen molar-refractivity contribution in [3.05, 3.63) is 190 Å². The lowest BCUT2D eigenvalue weighted by Crippen LogP contribution is -2.50. The first-order valence-electron chi connectivity index (χ1n) is 32.8. The van der Waals surface area contributed by atoms with E-state index in [9.17, 15) is 59.8 Å². The number of halogens is 10. The summed E-state index contributed by atoms with van der Waals surface area (Å²) in [6, 6.07) is 38.9. The minimum Gasteiger partial charge on any atom is -0.465 e. The lowest BCUT2D eigenvalue weighted by molar-refractivity contribution is -0.143. The van der Waals surface area contributed by atoms with E-state index in [0.717, 1.165) is 52.4 Å². The summed E-state index contributed by atoms with van der Waals surface area (Å²) in [5.74, 6) is -1.89. The van der Waals surface area contributed by atoms with Crippen LogP contribution in [0.15, 0.2) is 146 Å². The average molecular weight is 1440 g/mol. The minimum absolute atomic E-state index is 0. The van der Waals surface area contributed by atoms with Gasteiger partial charge in [0, 0.05) is 114 Å². The minimum atomic E-state index is -5.15. The molecule has 3 saturated heterocycles.